The molecule has 3 rings (SSSR count). The van der Waals surface area contributed by atoms with Crippen molar-refractivity contribution in [2.75, 3.05) is 19.7 Å². The zero-order chi connectivity index (χ0) is 18.5. The molecule has 1 amide bonds. The minimum atomic E-state index is -0.765. The van der Waals surface area contributed by atoms with Crippen LogP contribution in [0.25, 0.3) is 10.4 Å². The summed E-state index contributed by atoms with van der Waals surface area (Å²) >= 11 is 1.46. The van der Waals surface area contributed by atoms with Gasteiger partial charge in [-0.1, -0.05) is 30.3 Å². The number of carboxylic acid groups (broad SMARTS) is 1. The summed E-state index contributed by atoms with van der Waals surface area (Å²) in [6, 6.07) is 11.9. The molecular formula is C20H23NO4S. The first kappa shape index (κ1) is 18.5. The number of rotatable bonds is 6. The van der Waals surface area contributed by atoms with Gasteiger partial charge in [-0.15, -0.1) is 11.3 Å². The number of carbonyl (C=O) groups is 2. The second-order valence-corrected chi connectivity index (χ2v) is 7.49. The van der Waals surface area contributed by atoms with E-state index in [0.29, 0.717) is 30.3 Å². The summed E-state index contributed by atoms with van der Waals surface area (Å²) in [5.41, 5.74) is 1.07. The van der Waals surface area contributed by atoms with Crippen molar-refractivity contribution in [1.29, 1.82) is 0 Å². The molecule has 0 radical (unpaired) electrons. The van der Waals surface area contributed by atoms with E-state index in [2.05, 4.69) is 0 Å². The molecule has 1 saturated heterocycles. The summed E-state index contributed by atoms with van der Waals surface area (Å²) in [4.78, 5) is 27.3. The summed E-state index contributed by atoms with van der Waals surface area (Å²) in [6.45, 7) is 3.61. The molecule has 1 aliphatic heterocycles. The number of aliphatic carboxylic acids is 1. The Kier molecular flexibility index (Phi) is 5.93. The summed E-state index contributed by atoms with van der Waals surface area (Å²) in [5, 5.41) is 8.93. The Bertz CT molecular complexity index is 763. The molecule has 1 aromatic carbocycles. The lowest BCUT2D eigenvalue weighted by molar-refractivity contribution is -0.138. The highest BCUT2D eigenvalue weighted by atomic mass is 32.1. The molecule has 2 aromatic rings. The molecule has 6 heteroatoms. The molecule has 1 N–H and O–H groups in total. The van der Waals surface area contributed by atoms with E-state index in [0.717, 1.165) is 23.3 Å². The second-order valence-electron chi connectivity index (χ2n) is 6.44. The molecule has 26 heavy (non-hydrogen) atoms. The second kappa shape index (κ2) is 8.36. The highest BCUT2D eigenvalue weighted by Crippen LogP contribution is 2.37. The molecule has 0 spiro atoms. The van der Waals surface area contributed by atoms with Crippen LogP contribution in [-0.2, 0) is 4.79 Å². The number of amides is 1. The van der Waals surface area contributed by atoms with Crippen LogP contribution in [0.1, 0.15) is 35.9 Å². The highest BCUT2D eigenvalue weighted by molar-refractivity contribution is 7.17. The van der Waals surface area contributed by atoms with Gasteiger partial charge in [-0.3, -0.25) is 9.59 Å². The molecule has 1 aliphatic rings. The van der Waals surface area contributed by atoms with Crippen LogP contribution in [0.5, 0.6) is 5.75 Å². The molecule has 5 nitrogen and oxygen atoms in total. The Morgan fingerprint density at radius 1 is 1.23 bits per heavy atom. The molecule has 0 unspecified atom stereocenters. The fourth-order valence-corrected chi connectivity index (χ4v) is 4.34. The van der Waals surface area contributed by atoms with Crippen LogP contribution < -0.4 is 4.74 Å². The molecule has 0 atom stereocenters. The maximum Gasteiger partial charge on any atom is 0.303 e. The van der Waals surface area contributed by atoms with Crippen LogP contribution >= 0.6 is 11.3 Å². The molecule has 0 bridgehead atoms. The predicted octanol–water partition coefficient (Wildman–Crippen LogP) is 4.14. The quantitative estimate of drug-likeness (QED) is 0.826. The fraction of sp³-hybridized carbons (Fsp3) is 0.400. The van der Waals surface area contributed by atoms with Crippen molar-refractivity contribution >= 4 is 23.2 Å². The molecule has 1 aromatic heterocycles. The van der Waals surface area contributed by atoms with E-state index in [4.69, 9.17) is 9.84 Å². The lowest BCUT2D eigenvalue weighted by atomic mass is 9.93. The lowest BCUT2D eigenvalue weighted by Gasteiger charge is -2.31. The van der Waals surface area contributed by atoms with Crippen LogP contribution in [0.2, 0.25) is 0 Å². The summed E-state index contributed by atoms with van der Waals surface area (Å²) in [6.07, 6.45) is 1.65. The fourth-order valence-electron chi connectivity index (χ4n) is 3.26. The Morgan fingerprint density at radius 2 is 1.92 bits per heavy atom. The van der Waals surface area contributed by atoms with E-state index in [1.165, 1.54) is 11.3 Å². The molecule has 138 valence electrons. The largest absolute Gasteiger partial charge is 0.492 e. The van der Waals surface area contributed by atoms with Crippen molar-refractivity contribution < 1.29 is 19.4 Å². The number of piperidine rings is 1. The molecule has 0 saturated carbocycles. The van der Waals surface area contributed by atoms with Crippen LogP contribution in [0.15, 0.2) is 36.4 Å². The normalized spacial score (nSPS) is 15.0. The standard InChI is InChI=1S/C20H23NO4S/c1-2-25-16-13-17(15-6-4-3-5-7-15)26-19(16)20(24)21-10-8-14(9-11-21)12-18(22)23/h3-7,13-14H,2,8-12H2,1H3,(H,22,23). The smallest absolute Gasteiger partial charge is 0.303 e. The number of nitrogens with zero attached hydrogens (tertiary/aromatic N) is 1. The number of hydrogen-bond acceptors (Lipinski definition) is 4. The van der Waals surface area contributed by atoms with E-state index in [9.17, 15) is 9.59 Å². The minimum absolute atomic E-state index is 0.0191. The monoisotopic (exact) mass is 373 g/mol. The Morgan fingerprint density at radius 3 is 2.54 bits per heavy atom. The van der Waals surface area contributed by atoms with E-state index < -0.39 is 5.97 Å². The van der Waals surface area contributed by atoms with Gasteiger partial charge >= 0.3 is 5.97 Å². The van der Waals surface area contributed by atoms with Gasteiger partial charge in [0, 0.05) is 24.4 Å². The number of likely N-dealkylation sites (tertiary alicyclic amines) is 1. The Balaban J connectivity index is 1.76. The minimum Gasteiger partial charge on any atom is -0.492 e. The van der Waals surface area contributed by atoms with Crippen LogP contribution in [-0.4, -0.2) is 41.6 Å². The van der Waals surface area contributed by atoms with Gasteiger partial charge in [0.25, 0.3) is 5.91 Å². The topological polar surface area (TPSA) is 66.8 Å². The van der Waals surface area contributed by atoms with Crippen molar-refractivity contribution in [1.82, 2.24) is 4.90 Å². The van der Waals surface area contributed by atoms with Crippen molar-refractivity contribution in [3.05, 3.63) is 41.3 Å². The van der Waals surface area contributed by atoms with E-state index in [1.54, 1.807) is 0 Å². The van der Waals surface area contributed by atoms with Gasteiger partial charge < -0.3 is 14.7 Å². The van der Waals surface area contributed by atoms with Gasteiger partial charge in [-0.2, -0.15) is 0 Å². The van der Waals surface area contributed by atoms with E-state index in [1.807, 2.05) is 48.2 Å². The van der Waals surface area contributed by atoms with Gasteiger partial charge in [0.2, 0.25) is 0 Å². The van der Waals surface area contributed by atoms with Gasteiger partial charge in [0.05, 0.1) is 6.61 Å². The van der Waals surface area contributed by atoms with Crippen LogP contribution in [0.3, 0.4) is 0 Å². The van der Waals surface area contributed by atoms with Gasteiger partial charge in [-0.25, -0.2) is 0 Å². The van der Waals surface area contributed by atoms with Gasteiger partial charge in [0.1, 0.15) is 10.6 Å². The Hall–Kier alpha value is -2.34. The van der Waals surface area contributed by atoms with Crippen LogP contribution in [0.4, 0.5) is 0 Å². The summed E-state index contributed by atoms with van der Waals surface area (Å²) < 4.78 is 5.71. The zero-order valence-electron chi connectivity index (χ0n) is 14.8. The van der Waals surface area contributed by atoms with Crippen molar-refractivity contribution in [3.8, 4) is 16.2 Å². The lowest BCUT2D eigenvalue weighted by Crippen LogP contribution is -2.38. The number of thiophene rings is 1. The summed E-state index contributed by atoms with van der Waals surface area (Å²) in [5.74, 6) is 0.00807. The number of carbonyl (C=O) groups excluding carboxylic acids is 1. The number of benzene rings is 1. The molecular weight excluding hydrogens is 350 g/mol. The average molecular weight is 373 g/mol. The first-order valence-electron chi connectivity index (χ1n) is 8.91. The SMILES string of the molecule is CCOc1cc(-c2ccccc2)sc1C(=O)N1CCC(CC(=O)O)CC1. The van der Waals surface area contributed by atoms with Gasteiger partial charge in [-0.05, 0) is 37.3 Å². The average Bonchev–Trinajstić information content (AvgIpc) is 3.06. The van der Waals surface area contributed by atoms with E-state index >= 15 is 0 Å². The number of hydrogen-bond donors (Lipinski definition) is 1. The third kappa shape index (κ3) is 4.25. The highest BCUT2D eigenvalue weighted by Gasteiger charge is 2.28. The first-order chi connectivity index (χ1) is 12.6. The predicted molar refractivity (Wildman–Crippen MR) is 102 cm³/mol. The van der Waals surface area contributed by atoms with Crippen molar-refractivity contribution in [3.63, 3.8) is 0 Å². The number of carboxylic acids is 1. The van der Waals surface area contributed by atoms with Crippen molar-refractivity contribution in [2.45, 2.75) is 26.2 Å². The van der Waals surface area contributed by atoms with Crippen molar-refractivity contribution in [2.24, 2.45) is 5.92 Å². The molecule has 0 aliphatic carbocycles. The maximum atomic E-state index is 13.0. The van der Waals surface area contributed by atoms with Crippen LogP contribution in [0, 0.1) is 5.92 Å². The zero-order valence-corrected chi connectivity index (χ0v) is 15.6. The van der Waals surface area contributed by atoms with E-state index in [-0.39, 0.29) is 18.2 Å². The first-order valence-corrected chi connectivity index (χ1v) is 9.73. The Labute approximate surface area is 157 Å². The molecule has 2 heterocycles. The summed E-state index contributed by atoms with van der Waals surface area (Å²) in [7, 11) is 0. The third-order valence-electron chi connectivity index (χ3n) is 4.62. The maximum absolute atomic E-state index is 13.0. The van der Waals surface area contributed by atoms with Gasteiger partial charge in [0.15, 0.2) is 0 Å². The third-order valence-corrected chi connectivity index (χ3v) is 5.77. The number of ether oxygens (including phenoxy) is 1. The molecule has 1 fully saturated rings.